The topological polar surface area (TPSA) is 29.5 Å². The summed E-state index contributed by atoms with van der Waals surface area (Å²) >= 11 is 0. The molecule has 0 saturated carbocycles. The van der Waals surface area contributed by atoms with E-state index in [4.69, 9.17) is 4.74 Å². The smallest absolute Gasteiger partial charge is 0.157 e. The quantitative estimate of drug-likeness (QED) is 0.836. The SMILES string of the molecule is CCC(C)(C(=O)Cc1cc(F)ccc1C)N1CCOCC1. The Morgan fingerprint density at radius 3 is 2.67 bits per heavy atom. The zero-order chi connectivity index (χ0) is 15.5. The molecule has 4 heteroatoms. The summed E-state index contributed by atoms with van der Waals surface area (Å²) in [6.07, 6.45) is 1.03. The lowest BCUT2D eigenvalue weighted by atomic mass is 9.86. The lowest BCUT2D eigenvalue weighted by molar-refractivity contribution is -0.133. The minimum Gasteiger partial charge on any atom is -0.379 e. The fourth-order valence-electron chi connectivity index (χ4n) is 2.85. The summed E-state index contributed by atoms with van der Waals surface area (Å²) in [5.74, 6) is -0.131. The van der Waals surface area contributed by atoms with Gasteiger partial charge in [-0.2, -0.15) is 0 Å². The van der Waals surface area contributed by atoms with E-state index in [-0.39, 0.29) is 18.0 Å². The summed E-state index contributed by atoms with van der Waals surface area (Å²) in [5.41, 5.74) is 1.25. The Labute approximate surface area is 126 Å². The van der Waals surface area contributed by atoms with Crippen LogP contribution >= 0.6 is 0 Å². The minimum absolute atomic E-state index is 0.153. The molecule has 0 radical (unpaired) electrons. The number of aryl methyl sites for hydroxylation is 1. The molecule has 0 spiro atoms. The molecule has 1 unspecified atom stereocenters. The lowest BCUT2D eigenvalue weighted by Gasteiger charge is -2.41. The van der Waals surface area contributed by atoms with E-state index >= 15 is 0 Å². The van der Waals surface area contributed by atoms with E-state index in [1.807, 2.05) is 20.8 Å². The van der Waals surface area contributed by atoms with Crippen LogP contribution in [0.1, 0.15) is 31.4 Å². The lowest BCUT2D eigenvalue weighted by Crippen LogP contribution is -2.56. The molecule has 0 bridgehead atoms. The first kappa shape index (κ1) is 16.1. The van der Waals surface area contributed by atoms with Crippen LogP contribution in [0.5, 0.6) is 0 Å². The minimum atomic E-state index is -0.497. The van der Waals surface area contributed by atoms with Crippen molar-refractivity contribution < 1.29 is 13.9 Å². The van der Waals surface area contributed by atoms with Gasteiger partial charge in [0.25, 0.3) is 0 Å². The molecule has 1 aromatic rings. The Hall–Kier alpha value is -1.26. The van der Waals surface area contributed by atoms with E-state index in [2.05, 4.69) is 4.90 Å². The average molecular weight is 293 g/mol. The van der Waals surface area contributed by atoms with Crippen molar-refractivity contribution in [1.29, 1.82) is 0 Å². The fraction of sp³-hybridized carbons (Fsp3) is 0.588. The third-order valence-corrected chi connectivity index (χ3v) is 4.66. The molecular formula is C17H24FNO2. The zero-order valence-electron chi connectivity index (χ0n) is 13.1. The molecule has 3 nitrogen and oxygen atoms in total. The van der Waals surface area contributed by atoms with E-state index in [1.165, 1.54) is 12.1 Å². The van der Waals surface area contributed by atoms with E-state index < -0.39 is 5.54 Å². The van der Waals surface area contributed by atoms with Gasteiger partial charge in [-0.15, -0.1) is 0 Å². The Morgan fingerprint density at radius 1 is 1.38 bits per heavy atom. The monoisotopic (exact) mass is 293 g/mol. The predicted octanol–water partition coefficient (Wildman–Crippen LogP) is 2.75. The Morgan fingerprint density at radius 2 is 2.05 bits per heavy atom. The molecule has 1 aliphatic heterocycles. The van der Waals surface area contributed by atoms with Crippen LogP contribution in [0.15, 0.2) is 18.2 Å². The molecule has 116 valence electrons. The summed E-state index contributed by atoms with van der Waals surface area (Å²) in [4.78, 5) is 15.0. The number of Topliss-reactive ketones (excluding diaryl/α,β-unsaturated/α-hetero) is 1. The van der Waals surface area contributed by atoms with Gasteiger partial charge >= 0.3 is 0 Å². The highest BCUT2D eigenvalue weighted by Crippen LogP contribution is 2.24. The molecule has 1 aromatic carbocycles. The standard InChI is InChI=1S/C17H24FNO2/c1-4-17(3,19-7-9-21-10-8-19)16(20)12-14-11-15(18)6-5-13(14)2/h5-6,11H,4,7-10,12H2,1-3H3. The van der Waals surface area contributed by atoms with Gasteiger partial charge in [0.15, 0.2) is 5.78 Å². The molecular weight excluding hydrogens is 269 g/mol. The molecule has 1 heterocycles. The van der Waals surface area contributed by atoms with Gasteiger partial charge in [-0.1, -0.05) is 13.0 Å². The van der Waals surface area contributed by atoms with Gasteiger partial charge in [-0.3, -0.25) is 9.69 Å². The summed E-state index contributed by atoms with van der Waals surface area (Å²) in [6, 6.07) is 4.64. The highest BCUT2D eigenvalue weighted by molar-refractivity contribution is 5.90. The van der Waals surface area contributed by atoms with Crippen molar-refractivity contribution in [3.05, 3.63) is 35.1 Å². The van der Waals surface area contributed by atoms with Crippen molar-refractivity contribution >= 4 is 5.78 Å². The molecule has 0 aliphatic carbocycles. The van der Waals surface area contributed by atoms with Gasteiger partial charge in [0.2, 0.25) is 0 Å². The maximum absolute atomic E-state index is 13.4. The van der Waals surface area contributed by atoms with Crippen LogP contribution in [0.4, 0.5) is 4.39 Å². The average Bonchev–Trinajstić information content (AvgIpc) is 2.51. The van der Waals surface area contributed by atoms with Gasteiger partial charge in [-0.25, -0.2) is 4.39 Å². The van der Waals surface area contributed by atoms with E-state index in [0.717, 1.165) is 30.6 Å². The van der Waals surface area contributed by atoms with Crippen molar-refractivity contribution in [3.8, 4) is 0 Å². The van der Waals surface area contributed by atoms with Gasteiger partial charge in [-0.05, 0) is 43.5 Å². The number of carbonyl (C=O) groups is 1. The number of rotatable bonds is 5. The number of ketones is 1. The van der Waals surface area contributed by atoms with E-state index in [0.29, 0.717) is 13.2 Å². The summed E-state index contributed by atoms with van der Waals surface area (Å²) < 4.78 is 18.8. The van der Waals surface area contributed by atoms with Crippen molar-refractivity contribution in [2.45, 2.75) is 39.2 Å². The number of ether oxygens (including phenoxy) is 1. The summed E-state index contributed by atoms with van der Waals surface area (Å²) in [6.45, 7) is 8.83. The normalized spacial score (nSPS) is 19.2. The summed E-state index contributed by atoms with van der Waals surface area (Å²) in [5, 5.41) is 0. The highest BCUT2D eigenvalue weighted by atomic mass is 19.1. The maximum Gasteiger partial charge on any atom is 0.157 e. The molecule has 1 saturated heterocycles. The van der Waals surface area contributed by atoms with E-state index in [9.17, 15) is 9.18 Å². The van der Waals surface area contributed by atoms with Crippen molar-refractivity contribution in [2.24, 2.45) is 0 Å². The van der Waals surface area contributed by atoms with Gasteiger partial charge in [0.05, 0.1) is 18.8 Å². The number of halogens is 1. The molecule has 0 aromatic heterocycles. The first-order valence-electron chi connectivity index (χ1n) is 7.58. The fourth-order valence-corrected chi connectivity index (χ4v) is 2.85. The van der Waals surface area contributed by atoms with Crippen molar-refractivity contribution in [1.82, 2.24) is 4.90 Å². The zero-order valence-corrected chi connectivity index (χ0v) is 13.1. The molecule has 21 heavy (non-hydrogen) atoms. The number of carbonyl (C=O) groups excluding carboxylic acids is 1. The number of nitrogens with zero attached hydrogens (tertiary/aromatic N) is 1. The van der Waals surface area contributed by atoms with Crippen LogP contribution in [0, 0.1) is 12.7 Å². The Balaban J connectivity index is 2.17. The highest BCUT2D eigenvalue weighted by Gasteiger charge is 2.37. The molecule has 2 rings (SSSR count). The Bertz CT molecular complexity index is 512. The van der Waals surface area contributed by atoms with Crippen LogP contribution in [-0.4, -0.2) is 42.5 Å². The maximum atomic E-state index is 13.4. The van der Waals surface area contributed by atoms with Gasteiger partial charge in [0, 0.05) is 19.5 Å². The second-order valence-electron chi connectivity index (χ2n) is 5.90. The summed E-state index contributed by atoms with van der Waals surface area (Å²) in [7, 11) is 0. The first-order valence-corrected chi connectivity index (χ1v) is 7.58. The third kappa shape index (κ3) is 3.50. The van der Waals surface area contributed by atoms with Crippen LogP contribution in [0.3, 0.4) is 0 Å². The van der Waals surface area contributed by atoms with Crippen LogP contribution in [0.25, 0.3) is 0 Å². The van der Waals surface area contributed by atoms with Crippen LogP contribution in [-0.2, 0) is 16.0 Å². The molecule has 1 fully saturated rings. The number of hydrogen-bond acceptors (Lipinski definition) is 3. The van der Waals surface area contributed by atoms with Crippen molar-refractivity contribution in [2.75, 3.05) is 26.3 Å². The van der Waals surface area contributed by atoms with Gasteiger partial charge in [0.1, 0.15) is 5.82 Å². The van der Waals surface area contributed by atoms with Crippen molar-refractivity contribution in [3.63, 3.8) is 0 Å². The second-order valence-corrected chi connectivity index (χ2v) is 5.90. The first-order chi connectivity index (χ1) is 9.97. The molecule has 0 amide bonds. The second kappa shape index (κ2) is 6.67. The molecule has 0 N–H and O–H groups in total. The Kier molecular flexibility index (Phi) is 5.12. The molecule has 1 atom stereocenters. The van der Waals surface area contributed by atoms with E-state index in [1.54, 1.807) is 6.07 Å². The third-order valence-electron chi connectivity index (χ3n) is 4.66. The number of hydrogen-bond donors (Lipinski definition) is 0. The molecule has 1 aliphatic rings. The number of benzene rings is 1. The van der Waals surface area contributed by atoms with Crippen LogP contribution in [0.2, 0.25) is 0 Å². The largest absolute Gasteiger partial charge is 0.379 e. The number of morpholine rings is 1. The van der Waals surface area contributed by atoms with Gasteiger partial charge < -0.3 is 4.74 Å². The van der Waals surface area contributed by atoms with Crippen LogP contribution < -0.4 is 0 Å². The predicted molar refractivity (Wildman–Crippen MR) is 80.9 cm³/mol.